The Kier molecular flexibility index (Phi) is 8.85. The van der Waals surface area contributed by atoms with Gasteiger partial charge in [-0.3, -0.25) is 14.5 Å². The van der Waals surface area contributed by atoms with Crippen molar-refractivity contribution in [3.8, 4) is 11.5 Å². The van der Waals surface area contributed by atoms with Crippen LogP contribution in [0.15, 0.2) is 18.2 Å². The van der Waals surface area contributed by atoms with Gasteiger partial charge in [-0.05, 0) is 37.6 Å². The van der Waals surface area contributed by atoms with Crippen LogP contribution in [0.5, 0.6) is 11.5 Å². The summed E-state index contributed by atoms with van der Waals surface area (Å²) in [4.78, 5) is 25.0. The lowest BCUT2D eigenvalue weighted by Crippen LogP contribution is -2.44. The molecule has 1 amide bonds. The van der Waals surface area contributed by atoms with E-state index < -0.39 is 12.0 Å². The van der Waals surface area contributed by atoms with Gasteiger partial charge in [-0.15, -0.1) is 12.4 Å². The summed E-state index contributed by atoms with van der Waals surface area (Å²) in [6, 6.07) is 4.79. The number of nitrogens with one attached hydrogen (secondary N) is 1. The number of amides is 1. The minimum absolute atomic E-state index is 0. The van der Waals surface area contributed by atoms with Crippen LogP contribution in [0, 0.1) is 5.92 Å². The molecule has 1 aromatic carbocycles. The molecule has 1 aliphatic rings. The summed E-state index contributed by atoms with van der Waals surface area (Å²) in [6.45, 7) is 6.85. The Balaban J connectivity index is 0.00000364. The lowest BCUT2D eigenvalue weighted by molar-refractivity contribution is -0.142. The Morgan fingerprint density at radius 3 is 2.41 bits per heavy atom. The maximum atomic E-state index is 12.4. The SMILES string of the molecule is CC(C)C(NC(=O)CN(C)C(C)C(=O)O)c1ccc2c(c1)OCCCO2.Cl. The molecule has 0 aromatic heterocycles. The fraction of sp³-hybridized carbons (Fsp3) is 0.579. The van der Waals surface area contributed by atoms with Crippen molar-refractivity contribution in [3.05, 3.63) is 23.8 Å². The molecule has 1 heterocycles. The van der Waals surface area contributed by atoms with Crippen molar-refractivity contribution >= 4 is 24.3 Å². The first-order valence-corrected chi connectivity index (χ1v) is 8.91. The van der Waals surface area contributed by atoms with Gasteiger partial charge in [0.1, 0.15) is 6.04 Å². The Bertz CT molecular complexity index is 653. The lowest BCUT2D eigenvalue weighted by atomic mass is 9.95. The average molecular weight is 401 g/mol. The van der Waals surface area contributed by atoms with E-state index in [0.29, 0.717) is 19.0 Å². The van der Waals surface area contributed by atoms with Gasteiger partial charge in [-0.25, -0.2) is 0 Å². The number of hydrogen-bond acceptors (Lipinski definition) is 5. The van der Waals surface area contributed by atoms with Gasteiger partial charge < -0.3 is 19.9 Å². The molecule has 0 spiro atoms. The number of hydrogen-bond donors (Lipinski definition) is 2. The quantitative estimate of drug-likeness (QED) is 0.731. The van der Waals surface area contributed by atoms with Crippen LogP contribution in [0.4, 0.5) is 0 Å². The van der Waals surface area contributed by atoms with Crippen molar-refractivity contribution in [3.63, 3.8) is 0 Å². The van der Waals surface area contributed by atoms with Gasteiger partial charge in [0.25, 0.3) is 0 Å². The van der Waals surface area contributed by atoms with Crippen LogP contribution in [0.25, 0.3) is 0 Å². The molecule has 7 nitrogen and oxygen atoms in total. The van der Waals surface area contributed by atoms with Crippen LogP contribution in [0.1, 0.15) is 38.8 Å². The van der Waals surface area contributed by atoms with E-state index in [-0.39, 0.29) is 36.8 Å². The Hall–Kier alpha value is -1.99. The van der Waals surface area contributed by atoms with Crippen LogP contribution in [0.3, 0.4) is 0 Å². The fourth-order valence-corrected chi connectivity index (χ4v) is 2.78. The largest absolute Gasteiger partial charge is 0.490 e. The van der Waals surface area contributed by atoms with Gasteiger partial charge in [0.15, 0.2) is 11.5 Å². The van der Waals surface area contributed by atoms with Crippen LogP contribution in [-0.2, 0) is 9.59 Å². The van der Waals surface area contributed by atoms with E-state index >= 15 is 0 Å². The third-order valence-corrected chi connectivity index (χ3v) is 4.53. The topological polar surface area (TPSA) is 88.1 Å². The van der Waals surface area contributed by atoms with E-state index in [1.165, 1.54) is 4.90 Å². The van der Waals surface area contributed by atoms with E-state index in [1.807, 2.05) is 32.0 Å². The average Bonchev–Trinajstić information content (AvgIpc) is 2.83. The molecule has 0 saturated carbocycles. The number of carbonyl (C=O) groups excluding carboxylic acids is 1. The summed E-state index contributed by atoms with van der Waals surface area (Å²) in [6.07, 6.45) is 0.836. The number of likely N-dealkylation sites (N-methyl/N-ethyl adjacent to an activating group) is 1. The molecule has 1 aromatic rings. The maximum Gasteiger partial charge on any atom is 0.320 e. The second-order valence-corrected chi connectivity index (χ2v) is 6.98. The Labute approximate surface area is 166 Å². The number of carboxylic acid groups (broad SMARTS) is 1. The van der Waals surface area contributed by atoms with Crippen LogP contribution in [0.2, 0.25) is 0 Å². The summed E-state index contributed by atoms with van der Waals surface area (Å²) in [5, 5.41) is 12.1. The zero-order valence-corrected chi connectivity index (χ0v) is 17.0. The van der Waals surface area contributed by atoms with Crippen molar-refractivity contribution in [1.29, 1.82) is 0 Å². The second kappa shape index (κ2) is 10.4. The molecule has 0 bridgehead atoms. The van der Waals surface area contributed by atoms with Crippen molar-refractivity contribution in [2.75, 3.05) is 26.8 Å². The zero-order valence-electron chi connectivity index (χ0n) is 16.2. The molecule has 27 heavy (non-hydrogen) atoms. The summed E-state index contributed by atoms with van der Waals surface area (Å²) in [7, 11) is 1.62. The van der Waals surface area contributed by atoms with E-state index in [4.69, 9.17) is 14.6 Å². The zero-order chi connectivity index (χ0) is 19.3. The maximum absolute atomic E-state index is 12.4. The molecule has 0 saturated heterocycles. The van der Waals surface area contributed by atoms with Gasteiger partial charge in [0.2, 0.25) is 5.91 Å². The molecule has 2 atom stereocenters. The summed E-state index contributed by atoms with van der Waals surface area (Å²) in [5.74, 6) is 0.396. The van der Waals surface area contributed by atoms with Gasteiger partial charge >= 0.3 is 5.97 Å². The number of fused-ring (bicyclic) bond motifs is 1. The predicted octanol–water partition coefficient (Wildman–Crippen LogP) is 2.49. The molecule has 2 N–H and O–H groups in total. The molecule has 152 valence electrons. The number of benzene rings is 1. The van der Waals surface area contributed by atoms with Crippen LogP contribution >= 0.6 is 12.4 Å². The molecule has 0 radical (unpaired) electrons. The van der Waals surface area contributed by atoms with E-state index in [9.17, 15) is 9.59 Å². The number of carboxylic acids is 1. The van der Waals surface area contributed by atoms with Crippen molar-refractivity contribution in [2.24, 2.45) is 5.92 Å². The normalized spacial score (nSPS) is 15.5. The van der Waals surface area contributed by atoms with Crippen molar-refractivity contribution < 1.29 is 24.2 Å². The third-order valence-electron chi connectivity index (χ3n) is 4.53. The van der Waals surface area contributed by atoms with E-state index in [1.54, 1.807) is 14.0 Å². The molecule has 8 heteroatoms. The fourth-order valence-electron chi connectivity index (χ4n) is 2.78. The van der Waals surface area contributed by atoms with Crippen molar-refractivity contribution in [1.82, 2.24) is 10.2 Å². The monoisotopic (exact) mass is 400 g/mol. The van der Waals surface area contributed by atoms with Gasteiger partial charge in [0.05, 0.1) is 25.8 Å². The molecular formula is C19H29ClN2O5. The highest BCUT2D eigenvalue weighted by molar-refractivity contribution is 5.85. The predicted molar refractivity (Wildman–Crippen MR) is 105 cm³/mol. The number of rotatable bonds is 7. The number of nitrogens with zero attached hydrogens (tertiary/aromatic N) is 1. The lowest BCUT2D eigenvalue weighted by Gasteiger charge is -2.26. The third kappa shape index (κ3) is 6.29. The Morgan fingerprint density at radius 2 is 1.81 bits per heavy atom. The highest BCUT2D eigenvalue weighted by atomic mass is 35.5. The number of ether oxygens (including phenoxy) is 2. The standard InChI is InChI=1S/C19H28N2O5.ClH/c1-12(2)18(20-17(22)11-21(4)13(3)19(23)24)14-6-7-15-16(10-14)26-9-5-8-25-15;/h6-7,10,12-13,18H,5,8-9,11H2,1-4H3,(H,20,22)(H,23,24);1H. The summed E-state index contributed by atoms with van der Waals surface area (Å²) >= 11 is 0. The first-order valence-electron chi connectivity index (χ1n) is 8.91. The molecule has 1 aliphatic heterocycles. The molecule has 2 rings (SSSR count). The van der Waals surface area contributed by atoms with E-state index in [0.717, 1.165) is 17.7 Å². The molecule has 0 aliphatic carbocycles. The smallest absolute Gasteiger partial charge is 0.320 e. The van der Waals surface area contributed by atoms with E-state index in [2.05, 4.69) is 5.32 Å². The second-order valence-electron chi connectivity index (χ2n) is 6.98. The number of carbonyl (C=O) groups is 2. The Morgan fingerprint density at radius 1 is 1.19 bits per heavy atom. The van der Waals surface area contributed by atoms with Gasteiger partial charge in [-0.1, -0.05) is 19.9 Å². The van der Waals surface area contributed by atoms with Crippen molar-refractivity contribution in [2.45, 2.75) is 39.3 Å². The highest BCUT2D eigenvalue weighted by Gasteiger charge is 2.24. The first-order chi connectivity index (χ1) is 12.3. The minimum atomic E-state index is -0.955. The van der Waals surface area contributed by atoms with Gasteiger partial charge in [0, 0.05) is 6.42 Å². The van der Waals surface area contributed by atoms with Crippen LogP contribution < -0.4 is 14.8 Å². The molecular weight excluding hydrogens is 372 g/mol. The molecule has 0 fully saturated rings. The van der Waals surface area contributed by atoms with Gasteiger partial charge in [-0.2, -0.15) is 0 Å². The number of aliphatic carboxylic acids is 1. The summed E-state index contributed by atoms with van der Waals surface area (Å²) in [5.41, 5.74) is 0.937. The molecule has 2 unspecified atom stereocenters. The highest BCUT2D eigenvalue weighted by Crippen LogP contribution is 2.34. The number of halogens is 1. The first kappa shape index (κ1) is 23.0. The summed E-state index contributed by atoms with van der Waals surface area (Å²) < 4.78 is 11.4. The van der Waals surface area contributed by atoms with Crippen LogP contribution in [-0.4, -0.2) is 54.7 Å². The minimum Gasteiger partial charge on any atom is -0.490 e.